The number of carbonyl (C=O) groups is 1. The lowest BCUT2D eigenvalue weighted by atomic mass is 10.1. The van der Waals surface area contributed by atoms with E-state index in [1.165, 1.54) is 11.8 Å². The van der Waals surface area contributed by atoms with E-state index in [1.54, 1.807) is 0 Å². The molecule has 29 heavy (non-hydrogen) atoms. The third-order valence-electron chi connectivity index (χ3n) is 4.35. The number of hydrogen-bond donors (Lipinski definition) is 1. The van der Waals surface area contributed by atoms with Gasteiger partial charge in [0.15, 0.2) is 15.6 Å². The highest BCUT2D eigenvalue weighted by atomic mass is 79.9. The minimum absolute atomic E-state index is 0.0836. The van der Waals surface area contributed by atoms with Crippen molar-refractivity contribution in [3.8, 4) is 11.6 Å². The SMILES string of the molecule is CCCn1c(SCC(=O)Nc2cccc3ccccc23)nnc1-c1ccc(Br)o1. The van der Waals surface area contributed by atoms with Gasteiger partial charge in [0.1, 0.15) is 0 Å². The number of rotatable bonds is 7. The van der Waals surface area contributed by atoms with Crippen molar-refractivity contribution in [1.29, 1.82) is 0 Å². The van der Waals surface area contributed by atoms with Crippen molar-refractivity contribution >= 4 is 50.1 Å². The van der Waals surface area contributed by atoms with Crippen LogP contribution < -0.4 is 5.32 Å². The van der Waals surface area contributed by atoms with E-state index in [4.69, 9.17) is 4.42 Å². The first-order valence-electron chi connectivity index (χ1n) is 9.25. The Bertz CT molecular complexity index is 1150. The molecule has 0 aliphatic heterocycles. The summed E-state index contributed by atoms with van der Waals surface area (Å²) in [6.45, 7) is 2.83. The van der Waals surface area contributed by atoms with E-state index in [1.807, 2.05) is 59.2 Å². The summed E-state index contributed by atoms with van der Waals surface area (Å²) in [5.41, 5.74) is 0.810. The molecule has 0 radical (unpaired) electrons. The van der Waals surface area contributed by atoms with Gasteiger partial charge in [-0.3, -0.25) is 9.36 Å². The second-order valence-electron chi connectivity index (χ2n) is 6.43. The number of nitrogens with one attached hydrogen (secondary N) is 1. The number of benzene rings is 2. The van der Waals surface area contributed by atoms with Gasteiger partial charge in [0.25, 0.3) is 0 Å². The largest absolute Gasteiger partial charge is 0.446 e. The summed E-state index contributed by atoms with van der Waals surface area (Å²) >= 11 is 4.68. The van der Waals surface area contributed by atoms with Crippen LogP contribution in [0.2, 0.25) is 0 Å². The van der Waals surface area contributed by atoms with E-state index in [0.29, 0.717) is 21.4 Å². The zero-order valence-electron chi connectivity index (χ0n) is 15.8. The molecule has 6 nitrogen and oxygen atoms in total. The molecule has 0 fully saturated rings. The van der Waals surface area contributed by atoms with Gasteiger partial charge in [0.05, 0.1) is 5.75 Å². The fourth-order valence-corrected chi connectivity index (χ4v) is 4.16. The van der Waals surface area contributed by atoms with Crippen LogP contribution in [0, 0.1) is 0 Å². The lowest BCUT2D eigenvalue weighted by molar-refractivity contribution is -0.113. The fourth-order valence-electron chi connectivity index (χ4n) is 3.09. The quantitative estimate of drug-likeness (QED) is 0.356. The van der Waals surface area contributed by atoms with Crippen LogP contribution in [-0.4, -0.2) is 26.4 Å². The van der Waals surface area contributed by atoms with Crippen molar-refractivity contribution in [3.05, 3.63) is 59.3 Å². The lowest BCUT2D eigenvalue weighted by Gasteiger charge is -2.09. The average molecular weight is 471 g/mol. The number of halogens is 1. The highest BCUT2D eigenvalue weighted by Crippen LogP contribution is 2.28. The van der Waals surface area contributed by atoms with Crippen LogP contribution in [0.5, 0.6) is 0 Å². The number of nitrogens with zero attached hydrogens (tertiary/aromatic N) is 3. The van der Waals surface area contributed by atoms with Crippen molar-refractivity contribution in [2.75, 3.05) is 11.1 Å². The number of carbonyl (C=O) groups excluding carboxylic acids is 1. The van der Waals surface area contributed by atoms with E-state index < -0.39 is 0 Å². The maximum atomic E-state index is 12.6. The molecular weight excluding hydrogens is 452 g/mol. The molecule has 148 valence electrons. The molecule has 0 aliphatic carbocycles. The molecule has 2 aromatic heterocycles. The highest BCUT2D eigenvalue weighted by molar-refractivity contribution is 9.10. The maximum absolute atomic E-state index is 12.6. The summed E-state index contributed by atoms with van der Waals surface area (Å²) in [5, 5.41) is 14.4. The van der Waals surface area contributed by atoms with Gasteiger partial charge >= 0.3 is 0 Å². The van der Waals surface area contributed by atoms with Gasteiger partial charge in [0.2, 0.25) is 11.7 Å². The summed E-state index contributed by atoms with van der Waals surface area (Å²) in [4.78, 5) is 12.6. The van der Waals surface area contributed by atoms with Gasteiger partial charge < -0.3 is 9.73 Å². The maximum Gasteiger partial charge on any atom is 0.234 e. The minimum atomic E-state index is -0.0836. The van der Waals surface area contributed by atoms with Crippen LogP contribution >= 0.6 is 27.7 Å². The van der Waals surface area contributed by atoms with Gasteiger partial charge in [-0.2, -0.15) is 0 Å². The standard InChI is InChI=1S/C21H19BrN4O2S/c1-2-12-26-20(17-10-11-18(22)28-17)24-25-21(26)29-13-19(27)23-16-9-5-7-14-6-3-4-8-15(14)16/h3-11H,2,12-13H2,1H3,(H,23,27). The van der Waals surface area contributed by atoms with E-state index in [0.717, 1.165) is 29.4 Å². The normalized spacial score (nSPS) is 11.1. The monoisotopic (exact) mass is 470 g/mol. The van der Waals surface area contributed by atoms with Gasteiger partial charge in [-0.15, -0.1) is 10.2 Å². The molecule has 0 saturated heterocycles. The summed E-state index contributed by atoms with van der Waals surface area (Å²) in [5.74, 6) is 1.46. The Kier molecular flexibility index (Phi) is 6.01. The number of hydrogen-bond acceptors (Lipinski definition) is 5. The first kappa shape index (κ1) is 19.7. The predicted octanol–water partition coefficient (Wildman–Crippen LogP) is 5.59. The summed E-state index contributed by atoms with van der Waals surface area (Å²) < 4.78 is 8.25. The molecule has 2 aromatic carbocycles. The molecule has 0 aliphatic rings. The van der Waals surface area contributed by atoms with Crippen LogP contribution in [0.3, 0.4) is 0 Å². The first-order chi connectivity index (χ1) is 14.2. The van der Waals surface area contributed by atoms with Gasteiger partial charge in [-0.05, 0) is 45.9 Å². The van der Waals surface area contributed by atoms with Crippen LogP contribution in [0.1, 0.15) is 13.3 Å². The van der Waals surface area contributed by atoms with Crippen molar-refractivity contribution < 1.29 is 9.21 Å². The molecular formula is C21H19BrN4O2S. The number of fused-ring (bicyclic) bond motifs is 1. The third-order valence-corrected chi connectivity index (χ3v) is 5.75. The van der Waals surface area contributed by atoms with Crippen molar-refractivity contribution in [2.45, 2.75) is 25.0 Å². The smallest absolute Gasteiger partial charge is 0.234 e. The van der Waals surface area contributed by atoms with E-state index in [2.05, 4.69) is 38.4 Å². The Hall–Kier alpha value is -2.58. The van der Waals surface area contributed by atoms with Gasteiger partial charge in [0, 0.05) is 17.6 Å². The average Bonchev–Trinajstić information content (AvgIpc) is 3.33. The van der Waals surface area contributed by atoms with E-state index in [9.17, 15) is 4.79 Å². The second kappa shape index (κ2) is 8.84. The Labute approximate surface area is 180 Å². The molecule has 0 spiro atoms. The Balaban J connectivity index is 1.48. The molecule has 8 heteroatoms. The molecule has 4 rings (SSSR count). The summed E-state index contributed by atoms with van der Waals surface area (Å²) in [6, 6.07) is 17.5. The second-order valence-corrected chi connectivity index (χ2v) is 8.15. The zero-order valence-corrected chi connectivity index (χ0v) is 18.2. The number of aromatic nitrogens is 3. The number of thioether (sulfide) groups is 1. The van der Waals surface area contributed by atoms with Gasteiger partial charge in [-0.25, -0.2) is 0 Å². The summed E-state index contributed by atoms with van der Waals surface area (Å²) in [7, 11) is 0. The molecule has 0 saturated carbocycles. The molecule has 1 N–H and O–H groups in total. The molecule has 0 atom stereocenters. The Morgan fingerprint density at radius 3 is 2.76 bits per heavy atom. The van der Waals surface area contributed by atoms with E-state index >= 15 is 0 Å². The molecule has 1 amide bonds. The van der Waals surface area contributed by atoms with Crippen LogP contribution in [0.15, 0.2) is 68.8 Å². The van der Waals surface area contributed by atoms with Gasteiger partial charge in [-0.1, -0.05) is 55.1 Å². The zero-order chi connectivity index (χ0) is 20.2. The third kappa shape index (κ3) is 4.38. The van der Waals surface area contributed by atoms with E-state index in [-0.39, 0.29) is 11.7 Å². The fraction of sp³-hybridized carbons (Fsp3) is 0.190. The topological polar surface area (TPSA) is 73.0 Å². The number of amides is 1. The van der Waals surface area contributed by atoms with Crippen molar-refractivity contribution in [2.24, 2.45) is 0 Å². The molecule has 0 unspecified atom stereocenters. The van der Waals surface area contributed by atoms with Crippen LogP contribution in [-0.2, 0) is 11.3 Å². The minimum Gasteiger partial charge on any atom is -0.446 e. The van der Waals surface area contributed by atoms with Crippen molar-refractivity contribution in [3.63, 3.8) is 0 Å². The van der Waals surface area contributed by atoms with Crippen molar-refractivity contribution in [1.82, 2.24) is 14.8 Å². The number of furan rings is 1. The molecule has 2 heterocycles. The predicted molar refractivity (Wildman–Crippen MR) is 119 cm³/mol. The number of anilines is 1. The lowest BCUT2D eigenvalue weighted by Crippen LogP contribution is -2.15. The van der Waals surface area contributed by atoms with Crippen LogP contribution in [0.25, 0.3) is 22.4 Å². The van der Waals surface area contributed by atoms with Crippen LogP contribution in [0.4, 0.5) is 5.69 Å². The highest BCUT2D eigenvalue weighted by Gasteiger charge is 2.18. The molecule has 4 aromatic rings. The first-order valence-corrected chi connectivity index (χ1v) is 11.0. The Morgan fingerprint density at radius 2 is 1.97 bits per heavy atom. The summed E-state index contributed by atoms with van der Waals surface area (Å²) in [6.07, 6.45) is 0.919. The Morgan fingerprint density at radius 1 is 1.14 bits per heavy atom. The molecule has 0 bridgehead atoms.